The Kier molecular flexibility index (Phi) is 54.2. The standard InChI is InChI=1S/C61H112O6/c1-4-7-10-13-16-19-22-25-28-30-31-32-34-36-39-42-45-48-51-54-60(63)66-57-58(56-65-59(62)53-50-47-44-41-38-35-27-24-21-18-15-12-9-6-3)67-61(64)55-52-49-46-43-40-37-33-29-26-23-20-17-14-11-8-5-2/h16,19,24-25,27-28,58H,4-15,17-18,20-23,26,29-57H2,1-3H3/b19-16-,27-24-,28-25-/t58-/m1/s1. The van der Waals surface area contributed by atoms with Gasteiger partial charge in [-0.25, -0.2) is 0 Å². The average molecular weight is 942 g/mol. The van der Waals surface area contributed by atoms with Gasteiger partial charge < -0.3 is 14.2 Å². The fraction of sp³-hybridized carbons (Fsp3) is 0.852. The molecule has 0 heterocycles. The summed E-state index contributed by atoms with van der Waals surface area (Å²) in [5.41, 5.74) is 0. The molecule has 6 nitrogen and oxygen atoms in total. The van der Waals surface area contributed by atoms with Crippen LogP contribution in [-0.4, -0.2) is 37.2 Å². The van der Waals surface area contributed by atoms with Crippen LogP contribution in [0, 0.1) is 0 Å². The van der Waals surface area contributed by atoms with Gasteiger partial charge >= 0.3 is 17.9 Å². The van der Waals surface area contributed by atoms with E-state index in [1.807, 2.05) is 0 Å². The van der Waals surface area contributed by atoms with Crippen LogP contribution < -0.4 is 0 Å². The van der Waals surface area contributed by atoms with Gasteiger partial charge in [-0.1, -0.05) is 256 Å². The minimum absolute atomic E-state index is 0.0733. The van der Waals surface area contributed by atoms with Crippen LogP contribution in [-0.2, 0) is 28.6 Å². The molecule has 0 unspecified atom stereocenters. The highest BCUT2D eigenvalue weighted by molar-refractivity contribution is 5.71. The smallest absolute Gasteiger partial charge is 0.306 e. The second-order valence-corrected chi connectivity index (χ2v) is 19.9. The molecule has 0 aliphatic carbocycles. The van der Waals surface area contributed by atoms with Crippen LogP contribution in [0.5, 0.6) is 0 Å². The highest BCUT2D eigenvalue weighted by atomic mass is 16.6. The van der Waals surface area contributed by atoms with Gasteiger partial charge in [-0.3, -0.25) is 14.4 Å². The molecule has 0 aliphatic heterocycles. The van der Waals surface area contributed by atoms with Gasteiger partial charge in [0.2, 0.25) is 0 Å². The summed E-state index contributed by atoms with van der Waals surface area (Å²) in [6, 6.07) is 0. The Morgan fingerprint density at radius 1 is 0.299 bits per heavy atom. The second kappa shape index (κ2) is 56.2. The van der Waals surface area contributed by atoms with Crippen LogP contribution in [0.4, 0.5) is 0 Å². The third kappa shape index (κ3) is 54.4. The number of ether oxygens (including phenoxy) is 3. The maximum atomic E-state index is 12.9. The summed E-state index contributed by atoms with van der Waals surface area (Å²) in [5.74, 6) is -0.867. The van der Waals surface area contributed by atoms with Crippen molar-refractivity contribution in [2.75, 3.05) is 13.2 Å². The van der Waals surface area contributed by atoms with E-state index in [1.54, 1.807) is 0 Å². The SMILES string of the molecule is CCCCC/C=C\C/C=C\CCCCCCCCCCCC(=O)OC[C@@H](COC(=O)CCCCCCC/C=C\CCCCCCC)OC(=O)CCCCCCCCCCCCCCCCCC. The molecule has 67 heavy (non-hydrogen) atoms. The van der Waals surface area contributed by atoms with Crippen LogP contribution in [0.1, 0.15) is 316 Å². The zero-order chi connectivity index (χ0) is 48.6. The van der Waals surface area contributed by atoms with E-state index < -0.39 is 6.10 Å². The van der Waals surface area contributed by atoms with Crippen molar-refractivity contribution in [2.24, 2.45) is 0 Å². The van der Waals surface area contributed by atoms with Gasteiger partial charge in [0.1, 0.15) is 13.2 Å². The van der Waals surface area contributed by atoms with Crippen molar-refractivity contribution in [3.05, 3.63) is 36.5 Å². The summed E-state index contributed by atoms with van der Waals surface area (Å²) in [7, 11) is 0. The van der Waals surface area contributed by atoms with Crippen molar-refractivity contribution >= 4 is 17.9 Å². The van der Waals surface area contributed by atoms with Crippen LogP contribution in [0.2, 0.25) is 0 Å². The summed E-state index contributed by atoms with van der Waals surface area (Å²) in [6.07, 6.45) is 67.0. The molecule has 392 valence electrons. The Bertz CT molecular complexity index is 1130. The first-order valence-corrected chi connectivity index (χ1v) is 29.5. The van der Waals surface area contributed by atoms with Gasteiger partial charge in [0.25, 0.3) is 0 Å². The van der Waals surface area contributed by atoms with Gasteiger partial charge in [0.15, 0.2) is 6.10 Å². The lowest BCUT2D eigenvalue weighted by atomic mass is 10.0. The number of carbonyl (C=O) groups excluding carboxylic acids is 3. The lowest BCUT2D eigenvalue weighted by Gasteiger charge is -2.18. The highest BCUT2D eigenvalue weighted by Gasteiger charge is 2.19. The molecule has 0 aromatic carbocycles. The molecule has 0 rings (SSSR count). The van der Waals surface area contributed by atoms with E-state index in [0.29, 0.717) is 19.3 Å². The van der Waals surface area contributed by atoms with Crippen molar-refractivity contribution in [3.8, 4) is 0 Å². The number of hydrogen-bond donors (Lipinski definition) is 0. The molecular weight excluding hydrogens is 829 g/mol. The number of rotatable bonds is 54. The molecule has 0 fully saturated rings. The maximum absolute atomic E-state index is 12.9. The normalized spacial score (nSPS) is 12.2. The lowest BCUT2D eigenvalue weighted by Crippen LogP contribution is -2.30. The van der Waals surface area contributed by atoms with Crippen LogP contribution in [0.3, 0.4) is 0 Å². The molecule has 6 heteroatoms. The minimum Gasteiger partial charge on any atom is -0.462 e. The van der Waals surface area contributed by atoms with Crippen molar-refractivity contribution in [2.45, 2.75) is 322 Å². The molecule has 0 saturated carbocycles. The monoisotopic (exact) mass is 941 g/mol. The topological polar surface area (TPSA) is 78.9 Å². The first-order valence-electron chi connectivity index (χ1n) is 29.5. The summed E-state index contributed by atoms with van der Waals surface area (Å²) >= 11 is 0. The summed E-state index contributed by atoms with van der Waals surface area (Å²) in [6.45, 7) is 6.64. The molecule has 0 amide bonds. The molecule has 0 N–H and O–H groups in total. The minimum atomic E-state index is -0.774. The van der Waals surface area contributed by atoms with E-state index in [1.165, 1.54) is 205 Å². The second-order valence-electron chi connectivity index (χ2n) is 19.9. The Morgan fingerprint density at radius 2 is 0.537 bits per heavy atom. The Balaban J connectivity index is 4.34. The fourth-order valence-electron chi connectivity index (χ4n) is 8.65. The van der Waals surface area contributed by atoms with E-state index >= 15 is 0 Å². The number of carbonyl (C=O) groups is 3. The molecule has 0 bridgehead atoms. The van der Waals surface area contributed by atoms with Gasteiger partial charge in [-0.15, -0.1) is 0 Å². The lowest BCUT2D eigenvalue weighted by molar-refractivity contribution is -0.167. The molecule has 0 saturated heterocycles. The Morgan fingerprint density at radius 3 is 0.866 bits per heavy atom. The van der Waals surface area contributed by atoms with Crippen molar-refractivity contribution < 1.29 is 28.6 Å². The van der Waals surface area contributed by atoms with E-state index in [4.69, 9.17) is 14.2 Å². The van der Waals surface area contributed by atoms with Crippen LogP contribution in [0.15, 0.2) is 36.5 Å². The number of allylic oxidation sites excluding steroid dienone is 6. The molecule has 0 radical (unpaired) electrons. The first-order chi connectivity index (χ1) is 33.0. The molecule has 0 spiro atoms. The van der Waals surface area contributed by atoms with Gasteiger partial charge in [0.05, 0.1) is 0 Å². The predicted molar refractivity (Wildman–Crippen MR) is 289 cm³/mol. The zero-order valence-corrected chi connectivity index (χ0v) is 44.9. The first kappa shape index (κ1) is 64.6. The molecule has 0 aromatic rings. The van der Waals surface area contributed by atoms with Crippen molar-refractivity contribution in [1.82, 2.24) is 0 Å². The van der Waals surface area contributed by atoms with Crippen LogP contribution in [0.25, 0.3) is 0 Å². The third-order valence-electron chi connectivity index (χ3n) is 13.1. The Labute approximate surface area is 416 Å². The van der Waals surface area contributed by atoms with Gasteiger partial charge in [-0.05, 0) is 77.0 Å². The summed E-state index contributed by atoms with van der Waals surface area (Å²) in [5, 5.41) is 0. The highest BCUT2D eigenvalue weighted by Crippen LogP contribution is 2.16. The molecule has 1 atom stereocenters. The number of hydrogen-bond acceptors (Lipinski definition) is 6. The van der Waals surface area contributed by atoms with Crippen LogP contribution >= 0.6 is 0 Å². The fourth-order valence-corrected chi connectivity index (χ4v) is 8.65. The van der Waals surface area contributed by atoms with E-state index in [2.05, 4.69) is 57.2 Å². The molecule has 0 aliphatic rings. The summed E-state index contributed by atoms with van der Waals surface area (Å²) in [4.78, 5) is 38.2. The number of unbranched alkanes of at least 4 members (excludes halogenated alkanes) is 37. The van der Waals surface area contributed by atoms with E-state index in [9.17, 15) is 14.4 Å². The Hall–Kier alpha value is -2.37. The van der Waals surface area contributed by atoms with Crippen molar-refractivity contribution in [3.63, 3.8) is 0 Å². The van der Waals surface area contributed by atoms with Crippen molar-refractivity contribution in [1.29, 1.82) is 0 Å². The average Bonchev–Trinajstić information content (AvgIpc) is 3.33. The largest absolute Gasteiger partial charge is 0.462 e. The summed E-state index contributed by atoms with van der Waals surface area (Å²) < 4.78 is 16.9. The van der Waals surface area contributed by atoms with Gasteiger partial charge in [-0.2, -0.15) is 0 Å². The molecular formula is C61H112O6. The third-order valence-corrected chi connectivity index (χ3v) is 13.1. The van der Waals surface area contributed by atoms with E-state index in [-0.39, 0.29) is 31.1 Å². The zero-order valence-electron chi connectivity index (χ0n) is 44.9. The number of esters is 3. The molecule has 0 aromatic heterocycles. The van der Waals surface area contributed by atoms with Gasteiger partial charge in [0, 0.05) is 19.3 Å². The van der Waals surface area contributed by atoms with E-state index in [0.717, 1.165) is 70.6 Å². The maximum Gasteiger partial charge on any atom is 0.306 e. The quantitative estimate of drug-likeness (QED) is 0.0262. The predicted octanol–water partition coefficient (Wildman–Crippen LogP) is 19.7.